The summed E-state index contributed by atoms with van der Waals surface area (Å²) in [5.41, 5.74) is 2.50. The lowest BCUT2D eigenvalue weighted by Gasteiger charge is -2.04. The van der Waals surface area contributed by atoms with Gasteiger partial charge < -0.3 is 14.9 Å². The summed E-state index contributed by atoms with van der Waals surface area (Å²) in [7, 11) is 0. The maximum Gasteiger partial charge on any atom is 0.240 e. The summed E-state index contributed by atoms with van der Waals surface area (Å²) in [6, 6.07) is 4.35. The molecule has 1 aliphatic carbocycles. The summed E-state index contributed by atoms with van der Waals surface area (Å²) >= 11 is 0. The van der Waals surface area contributed by atoms with Crippen molar-refractivity contribution in [3.63, 3.8) is 0 Å². The largest absolute Gasteiger partial charge is 0.507 e. The van der Waals surface area contributed by atoms with E-state index in [9.17, 15) is 5.11 Å². The summed E-state index contributed by atoms with van der Waals surface area (Å²) in [5, 5.41) is 17.1. The van der Waals surface area contributed by atoms with Crippen LogP contribution >= 0.6 is 0 Å². The van der Waals surface area contributed by atoms with Crippen LogP contribution in [-0.4, -0.2) is 21.3 Å². The molecule has 1 fully saturated rings. The number of benzene rings is 1. The van der Waals surface area contributed by atoms with E-state index in [4.69, 9.17) is 4.52 Å². The monoisotopic (exact) mass is 259 g/mol. The van der Waals surface area contributed by atoms with Crippen LogP contribution in [0.15, 0.2) is 16.7 Å². The summed E-state index contributed by atoms with van der Waals surface area (Å²) in [5.74, 6) is 1.49. The average Bonchev–Trinajstić information content (AvgIpc) is 3.10. The molecule has 0 saturated heterocycles. The molecule has 2 N–H and O–H groups in total. The SMILES string of the molecule is Cc1cc(-c2noc(CNC3CC3)n2)cc(C)c1O. The highest BCUT2D eigenvalue weighted by atomic mass is 16.5. The van der Waals surface area contributed by atoms with Crippen molar-refractivity contribution in [2.24, 2.45) is 0 Å². The van der Waals surface area contributed by atoms with Crippen LogP contribution in [0.5, 0.6) is 5.75 Å². The zero-order chi connectivity index (χ0) is 13.4. The molecule has 0 atom stereocenters. The minimum absolute atomic E-state index is 0.322. The third-order valence-corrected chi connectivity index (χ3v) is 3.34. The number of phenols is 1. The quantitative estimate of drug-likeness (QED) is 0.881. The number of aromatic hydroxyl groups is 1. The predicted molar refractivity (Wildman–Crippen MR) is 70.7 cm³/mol. The number of aryl methyl sites for hydroxylation is 2. The van der Waals surface area contributed by atoms with E-state index in [0.29, 0.717) is 30.1 Å². The molecule has 0 amide bonds. The van der Waals surface area contributed by atoms with Gasteiger partial charge in [0.2, 0.25) is 11.7 Å². The Morgan fingerprint density at radius 1 is 1.32 bits per heavy atom. The van der Waals surface area contributed by atoms with Gasteiger partial charge in [0.1, 0.15) is 5.75 Å². The molecule has 0 bridgehead atoms. The molecule has 1 saturated carbocycles. The first-order valence-electron chi connectivity index (χ1n) is 6.50. The average molecular weight is 259 g/mol. The van der Waals surface area contributed by atoms with Crippen LogP contribution in [0.3, 0.4) is 0 Å². The number of hydrogen-bond acceptors (Lipinski definition) is 5. The summed E-state index contributed by atoms with van der Waals surface area (Å²) in [6.07, 6.45) is 2.47. The maximum atomic E-state index is 9.76. The molecule has 3 rings (SSSR count). The van der Waals surface area contributed by atoms with Gasteiger partial charge in [-0.15, -0.1) is 0 Å². The molecule has 0 spiro atoms. The van der Waals surface area contributed by atoms with Crippen LogP contribution in [0.25, 0.3) is 11.4 Å². The van der Waals surface area contributed by atoms with Crippen molar-refractivity contribution in [3.05, 3.63) is 29.2 Å². The highest BCUT2D eigenvalue weighted by Gasteiger charge is 2.21. The Morgan fingerprint density at radius 2 is 2.00 bits per heavy atom. The van der Waals surface area contributed by atoms with Crippen LogP contribution in [0.1, 0.15) is 29.9 Å². The minimum Gasteiger partial charge on any atom is -0.507 e. The van der Waals surface area contributed by atoms with Gasteiger partial charge in [-0.1, -0.05) is 5.16 Å². The molecular formula is C14H17N3O2. The first kappa shape index (κ1) is 12.2. The van der Waals surface area contributed by atoms with Gasteiger partial charge in [0, 0.05) is 11.6 Å². The van der Waals surface area contributed by atoms with E-state index in [0.717, 1.165) is 16.7 Å². The third kappa shape index (κ3) is 2.61. The van der Waals surface area contributed by atoms with Crippen molar-refractivity contribution in [2.45, 2.75) is 39.3 Å². The van der Waals surface area contributed by atoms with Crippen molar-refractivity contribution < 1.29 is 9.63 Å². The molecular weight excluding hydrogens is 242 g/mol. The van der Waals surface area contributed by atoms with E-state index in [-0.39, 0.29) is 0 Å². The van der Waals surface area contributed by atoms with Gasteiger partial charge in [-0.2, -0.15) is 4.98 Å². The van der Waals surface area contributed by atoms with Gasteiger partial charge in [-0.25, -0.2) is 0 Å². The van der Waals surface area contributed by atoms with E-state index in [1.54, 1.807) is 0 Å². The van der Waals surface area contributed by atoms with E-state index in [1.165, 1.54) is 12.8 Å². The standard InChI is InChI=1S/C14H17N3O2/c1-8-5-10(6-9(2)13(8)18)14-16-12(19-17-14)7-15-11-3-4-11/h5-6,11,15,18H,3-4,7H2,1-2H3. The van der Waals surface area contributed by atoms with E-state index in [2.05, 4.69) is 15.5 Å². The number of nitrogens with zero attached hydrogens (tertiary/aromatic N) is 2. The number of rotatable bonds is 4. The fraction of sp³-hybridized carbons (Fsp3) is 0.429. The fourth-order valence-electron chi connectivity index (χ4n) is 2.05. The molecule has 2 aromatic rings. The van der Waals surface area contributed by atoms with Gasteiger partial charge in [0.05, 0.1) is 6.54 Å². The summed E-state index contributed by atoms with van der Waals surface area (Å²) in [4.78, 5) is 4.37. The van der Waals surface area contributed by atoms with Crippen molar-refractivity contribution in [3.8, 4) is 17.1 Å². The number of aromatic nitrogens is 2. The summed E-state index contributed by atoms with van der Waals surface area (Å²) < 4.78 is 5.22. The predicted octanol–water partition coefficient (Wildman–Crippen LogP) is 2.31. The van der Waals surface area contributed by atoms with Crippen LogP contribution in [-0.2, 0) is 6.54 Å². The van der Waals surface area contributed by atoms with Gasteiger partial charge in [-0.05, 0) is 49.9 Å². The normalized spacial score (nSPS) is 14.8. The second-order valence-electron chi connectivity index (χ2n) is 5.13. The van der Waals surface area contributed by atoms with Gasteiger partial charge in [0.15, 0.2) is 0 Å². The van der Waals surface area contributed by atoms with Crippen molar-refractivity contribution in [2.75, 3.05) is 0 Å². The molecule has 1 aromatic carbocycles. The molecule has 0 aliphatic heterocycles. The highest BCUT2D eigenvalue weighted by Crippen LogP contribution is 2.27. The molecule has 5 heteroatoms. The Labute approximate surface area is 111 Å². The topological polar surface area (TPSA) is 71.2 Å². The summed E-state index contributed by atoms with van der Waals surface area (Å²) in [6.45, 7) is 4.34. The Bertz CT molecular complexity index is 579. The molecule has 0 unspecified atom stereocenters. The maximum absolute atomic E-state index is 9.76. The molecule has 19 heavy (non-hydrogen) atoms. The lowest BCUT2D eigenvalue weighted by atomic mass is 10.1. The Kier molecular flexibility index (Phi) is 2.98. The lowest BCUT2D eigenvalue weighted by Crippen LogP contribution is -2.15. The number of phenolic OH excluding ortho intramolecular Hbond substituents is 1. The first-order valence-corrected chi connectivity index (χ1v) is 6.50. The third-order valence-electron chi connectivity index (χ3n) is 3.34. The highest BCUT2D eigenvalue weighted by molar-refractivity contribution is 5.60. The lowest BCUT2D eigenvalue weighted by molar-refractivity contribution is 0.367. The minimum atomic E-state index is 0.322. The molecule has 1 heterocycles. The van der Waals surface area contributed by atoms with E-state index < -0.39 is 0 Å². The van der Waals surface area contributed by atoms with Crippen LogP contribution in [0.2, 0.25) is 0 Å². The number of hydrogen-bond donors (Lipinski definition) is 2. The van der Waals surface area contributed by atoms with E-state index >= 15 is 0 Å². The zero-order valence-corrected chi connectivity index (χ0v) is 11.1. The Balaban J connectivity index is 1.81. The van der Waals surface area contributed by atoms with Gasteiger partial charge >= 0.3 is 0 Å². The van der Waals surface area contributed by atoms with E-state index in [1.807, 2.05) is 26.0 Å². The van der Waals surface area contributed by atoms with Crippen LogP contribution < -0.4 is 5.32 Å². The fourth-order valence-corrected chi connectivity index (χ4v) is 2.05. The Hall–Kier alpha value is -1.88. The molecule has 5 nitrogen and oxygen atoms in total. The van der Waals surface area contributed by atoms with Crippen molar-refractivity contribution in [1.82, 2.24) is 15.5 Å². The molecule has 1 aromatic heterocycles. The number of nitrogens with one attached hydrogen (secondary N) is 1. The van der Waals surface area contributed by atoms with Gasteiger partial charge in [0.25, 0.3) is 0 Å². The molecule has 100 valence electrons. The van der Waals surface area contributed by atoms with Crippen molar-refractivity contribution >= 4 is 0 Å². The molecule has 0 radical (unpaired) electrons. The van der Waals surface area contributed by atoms with Crippen LogP contribution in [0.4, 0.5) is 0 Å². The van der Waals surface area contributed by atoms with Crippen LogP contribution in [0, 0.1) is 13.8 Å². The molecule has 1 aliphatic rings. The zero-order valence-electron chi connectivity index (χ0n) is 11.1. The second-order valence-corrected chi connectivity index (χ2v) is 5.13. The Morgan fingerprint density at radius 3 is 2.63 bits per heavy atom. The first-order chi connectivity index (χ1) is 9.13. The smallest absolute Gasteiger partial charge is 0.240 e. The van der Waals surface area contributed by atoms with Gasteiger partial charge in [-0.3, -0.25) is 0 Å². The second kappa shape index (κ2) is 4.66. The van der Waals surface area contributed by atoms with Crippen molar-refractivity contribution in [1.29, 1.82) is 0 Å².